The van der Waals surface area contributed by atoms with Gasteiger partial charge in [-0.25, -0.2) is 0 Å². The van der Waals surface area contributed by atoms with Crippen LogP contribution in [0.5, 0.6) is 5.75 Å². The first kappa shape index (κ1) is 12.6. The summed E-state index contributed by atoms with van der Waals surface area (Å²) in [4.78, 5) is 11.9. The first-order valence-corrected chi connectivity index (χ1v) is 6.38. The lowest BCUT2D eigenvalue weighted by Gasteiger charge is -2.13. The maximum atomic E-state index is 11.9. The summed E-state index contributed by atoms with van der Waals surface area (Å²) in [5, 5.41) is 3.51. The Kier molecular flexibility index (Phi) is 3.94. The maximum Gasteiger partial charge on any atom is 0.265 e. The molecule has 0 bridgehead atoms. The Balaban J connectivity index is 1.93. The summed E-state index contributed by atoms with van der Waals surface area (Å²) in [6.45, 7) is 3.60. The Morgan fingerprint density at radius 1 is 1.39 bits per heavy atom. The topological polar surface area (TPSA) is 51.2 Å². The van der Waals surface area contributed by atoms with Crippen LogP contribution in [-0.2, 0) is 4.79 Å². The van der Waals surface area contributed by atoms with E-state index < -0.39 is 6.10 Å². The minimum atomic E-state index is -0.546. The minimum Gasteiger partial charge on any atom is -0.481 e. The van der Waals surface area contributed by atoms with Crippen LogP contribution < -0.4 is 10.1 Å². The number of para-hydroxylation sites is 1. The molecule has 2 aromatic rings. The zero-order valence-corrected chi connectivity index (χ0v) is 11.0. The van der Waals surface area contributed by atoms with Crippen LogP contribution >= 0.6 is 11.5 Å². The average Bonchev–Trinajstić information content (AvgIpc) is 2.76. The number of hydrogen-bond donors (Lipinski definition) is 1. The summed E-state index contributed by atoms with van der Waals surface area (Å²) in [6.07, 6.45) is -0.546. The Labute approximate surface area is 110 Å². The zero-order chi connectivity index (χ0) is 13.0. The van der Waals surface area contributed by atoms with Gasteiger partial charge in [0.2, 0.25) is 0 Å². The van der Waals surface area contributed by atoms with E-state index in [-0.39, 0.29) is 5.91 Å². The second kappa shape index (κ2) is 5.64. The molecule has 0 saturated heterocycles. The molecule has 0 spiro atoms. The van der Waals surface area contributed by atoms with E-state index in [4.69, 9.17) is 4.74 Å². The third kappa shape index (κ3) is 3.30. The molecule has 4 nitrogen and oxygen atoms in total. The lowest BCUT2D eigenvalue weighted by atomic mass is 10.3. The quantitative estimate of drug-likeness (QED) is 0.921. The molecule has 1 N–H and O–H groups in total. The molecule has 0 aliphatic rings. The van der Waals surface area contributed by atoms with Crippen molar-refractivity contribution in [1.82, 2.24) is 4.37 Å². The number of anilines is 1. The highest BCUT2D eigenvalue weighted by Gasteiger charge is 2.15. The highest BCUT2D eigenvalue weighted by Crippen LogP contribution is 2.17. The van der Waals surface area contributed by atoms with Crippen LogP contribution in [-0.4, -0.2) is 16.4 Å². The van der Waals surface area contributed by atoms with Gasteiger partial charge in [-0.15, -0.1) is 0 Å². The van der Waals surface area contributed by atoms with Gasteiger partial charge in [0.25, 0.3) is 5.91 Å². The van der Waals surface area contributed by atoms with Crippen LogP contribution in [0.4, 0.5) is 5.00 Å². The van der Waals surface area contributed by atoms with Crippen molar-refractivity contribution in [2.24, 2.45) is 0 Å². The Morgan fingerprint density at radius 2 is 2.11 bits per heavy atom. The Morgan fingerprint density at radius 3 is 2.72 bits per heavy atom. The molecule has 0 unspecified atom stereocenters. The van der Waals surface area contributed by atoms with Crippen molar-refractivity contribution in [3.05, 3.63) is 42.1 Å². The van der Waals surface area contributed by atoms with Gasteiger partial charge >= 0.3 is 0 Å². The number of rotatable bonds is 4. The van der Waals surface area contributed by atoms with Gasteiger partial charge in [-0.1, -0.05) is 18.2 Å². The minimum absolute atomic E-state index is 0.178. The van der Waals surface area contributed by atoms with Crippen LogP contribution in [0.2, 0.25) is 0 Å². The van der Waals surface area contributed by atoms with Crippen molar-refractivity contribution in [3.63, 3.8) is 0 Å². The van der Waals surface area contributed by atoms with E-state index in [0.29, 0.717) is 5.75 Å². The smallest absolute Gasteiger partial charge is 0.265 e. The monoisotopic (exact) mass is 262 g/mol. The van der Waals surface area contributed by atoms with Gasteiger partial charge < -0.3 is 10.1 Å². The van der Waals surface area contributed by atoms with Gasteiger partial charge in [-0.2, -0.15) is 4.37 Å². The van der Waals surface area contributed by atoms with Crippen molar-refractivity contribution in [2.45, 2.75) is 20.0 Å². The lowest BCUT2D eigenvalue weighted by Crippen LogP contribution is -2.29. The molecule has 2 rings (SSSR count). The normalized spacial score (nSPS) is 11.9. The van der Waals surface area contributed by atoms with Gasteiger partial charge in [0.15, 0.2) is 6.10 Å². The summed E-state index contributed by atoms with van der Waals surface area (Å²) in [5.74, 6) is 0.503. The van der Waals surface area contributed by atoms with Crippen molar-refractivity contribution in [3.8, 4) is 5.75 Å². The van der Waals surface area contributed by atoms with E-state index in [0.717, 1.165) is 10.7 Å². The fraction of sp³-hybridized carbons (Fsp3) is 0.231. The number of aryl methyl sites for hydroxylation is 1. The van der Waals surface area contributed by atoms with Crippen LogP contribution in [0.25, 0.3) is 0 Å². The Hall–Kier alpha value is -1.88. The Bertz CT molecular complexity index is 525. The summed E-state index contributed by atoms with van der Waals surface area (Å²) >= 11 is 1.26. The van der Waals surface area contributed by atoms with Gasteiger partial charge in [-0.05, 0) is 43.6 Å². The molecule has 5 heteroatoms. The van der Waals surface area contributed by atoms with Crippen LogP contribution in [0.3, 0.4) is 0 Å². The van der Waals surface area contributed by atoms with Crippen molar-refractivity contribution >= 4 is 22.4 Å². The van der Waals surface area contributed by atoms with E-state index in [1.165, 1.54) is 11.5 Å². The fourth-order valence-corrected chi connectivity index (χ4v) is 2.07. The number of amides is 1. The summed E-state index contributed by atoms with van der Waals surface area (Å²) < 4.78 is 9.63. The molecular weight excluding hydrogens is 248 g/mol. The summed E-state index contributed by atoms with van der Waals surface area (Å²) in [6, 6.07) is 11.1. The highest BCUT2D eigenvalue weighted by molar-refractivity contribution is 7.10. The number of nitrogens with one attached hydrogen (secondary N) is 1. The van der Waals surface area contributed by atoms with Crippen molar-refractivity contribution in [1.29, 1.82) is 0 Å². The standard InChI is InChI=1S/C13H14N2O2S/c1-9-8-12(18-15-9)14-13(16)10(2)17-11-6-4-3-5-7-11/h3-8,10H,1-2H3,(H,14,16)/t10-/m0/s1. The molecule has 1 heterocycles. The van der Waals surface area contributed by atoms with Crippen LogP contribution in [0.1, 0.15) is 12.6 Å². The molecule has 1 atom stereocenters. The second-order valence-corrected chi connectivity index (χ2v) is 4.70. The molecule has 0 fully saturated rings. The SMILES string of the molecule is Cc1cc(NC(=O)[C@H](C)Oc2ccccc2)sn1. The highest BCUT2D eigenvalue weighted by atomic mass is 32.1. The zero-order valence-electron chi connectivity index (χ0n) is 10.2. The number of hydrogen-bond acceptors (Lipinski definition) is 4. The first-order chi connectivity index (χ1) is 8.65. The number of carbonyl (C=O) groups excluding carboxylic acids is 1. The fourth-order valence-electron chi connectivity index (χ4n) is 1.40. The van der Waals surface area contributed by atoms with Crippen molar-refractivity contribution in [2.75, 3.05) is 5.32 Å². The average molecular weight is 262 g/mol. The molecule has 1 aromatic heterocycles. The van der Waals surface area contributed by atoms with Gasteiger partial charge in [0, 0.05) is 0 Å². The predicted molar refractivity (Wildman–Crippen MR) is 72.0 cm³/mol. The predicted octanol–water partition coefficient (Wildman–Crippen LogP) is 2.86. The second-order valence-electron chi connectivity index (χ2n) is 3.89. The lowest BCUT2D eigenvalue weighted by molar-refractivity contribution is -0.122. The molecule has 0 radical (unpaired) electrons. The molecule has 0 aliphatic carbocycles. The third-order valence-corrected chi connectivity index (χ3v) is 3.10. The molecule has 18 heavy (non-hydrogen) atoms. The number of aromatic nitrogens is 1. The van der Waals surface area contributed by atoms with Gasteiger partial charge in [0.1, 0.15) is 10.8 Å². The number of ether oxygens (including phenoxy) is 1. The number of carbonyl (C=O) groups is 1. The van der Waals surface area contributed by atoms with E-state index in [1.807, 2.05) is 43.3 Å². The molecule has 1 amide bonds. The maximum absolute atomic E-state index is 11.9. The molecule has 0 aliphatic heterocycles. The largest absolute Gasteiger partial charge is 0.481 e. The number of benzene rings is 1. The molecular formula is C13H14N2O2S. The van der Waals surface area contributed by atoms with E-state index in [1.54, 1.807) is 6.92 Å². The molecule has 94 valence electrons. The molecule has 0 saturated carbocycles. The van der Waals surface area contributed by atoms with Crippen LogP contribution in [0, 0.1) is 6.92 Å². The van der Waals surface area contributed by atoms with E-state index in [9.17, 15) is 4.79 Å². The first-order valence-electron chi connectivity index (χ1n) is 5.61. The number of nitrogens with zero attached hydrogens (tertiary/aromatic N) is 1. The van der Waals surface area contributed by atoms with E-state index in [2.05, 4.69) is 9.69 Å². The van der Waals surface area contributed by atoms with Crippen LogP contribution in [0.15, 0.2) is 36.4 Å². The summed E-state index contributed by atoms with van der Waals surface area (Å²) in [5.41, 5.74) is 0.895. The summed E-state index contributed by atoms with van der Waals surface area (Å²) in [7, 11) is 0. The molecule has 1 aromatic carbocycles. The van der Waals surface area contributed by atoms with Crippen molar-refractivity contribution < 1.29 is 9.53 Å². The van der Waals surface area contributed by atoms with Gasteiger partial charge in [-0.3, -0.25) is 4.79 Å². The van der Waals surface area contributed by atoms with E-state index >= 15 is 0 Å². The third-order valence-electron chi connectivity index (χ3n) is 2.30. The van der Waals surface area contributed by atoms with Gasteiger partial charge in [0.05, 0.1) is 5.69 Å².